The molecule has 4 heteroatoms. The molecule has 0 N–H and O–H groups in total. The molecular weight excluding hydrogens is 1070 g/mol. The summed E-state index contributed by atoms with van der Waals surface area (Å²) in [5.74, 6) is 0. The summed E-state index contributed by atoms with van der Waals surface area (Å²) in [5.41, 5.74) is 21.1. The van der Waals surface area contributed by atoms with Gasteiger partial charge >= 0.3 is 0 Å². The summed E-state index contributed by atoms with van der Waals surface area (Å²) in [4.78, 5) is 11.5. The smallest absolute Gasteiger partial charge is 0.0722 e. The molecule has 2 aliphatic rings. The second-order valence-electron chi connectivity index (χ2n) is 24.9. The van der Waals surface area contributed by atoms with E-state index in [9.17, 15) is 0 Å². The molecule has 11 rings (SSSR count). The maximum Gasteiger partial charge on any atom is 0.0722 e. The predicted octanol–water partition coefficient (Wildman–Crippen LogP) is 24.8. The number of rotatable bonds is 28. The number of benzene rings is 5. The Balaban J connectivity index is 1.03. The van der Waals surface area contributed by atoms with E-state index in [2.05, 4.69) is 212 Å². The Morgan fingerprint density at radius 1 is 0.293 bits per heavy atom. The Labute approximate surface area is 510 Å². The number of hydrogen-bond donors (Lipinski definition) is 0. The van der Waals surface area contributed by atoms with Crippen LogP contribution in [0.1, 0.15) is 230 Å². The van der Waals surface area contributed by atoms with Crippen molar-refractivity contribution in [3.05, 3.63) is 221 Å². The maximum absolute atomic E-state index is 2.70. The largest absolute Gasteiger partial charge is 0.140 e. The molecule has 4 heterocycles. The molecule has 4 aromatic heterocycles. The van der Waals surface area contributed by atoms with E-state index in [1.54, 1.807) is 11.1 Å². The monoisotopic (exact) mass is 1150 g/mol. The summed E-state index contributed by atoms with van der Waals surface area (Å²) in [6, 6.07) is 54.1. The molecule has 0 unspecified atom stereocenters. The molecule has 0 atom stereocenters. The number of aryl methyl sites for hydroxylation is 8. The van der Waals surface area contributed by atoms with E-state index in [1.165, 1.54) is 252 Å². The third-order valence-electron chi connectivity index (χ3n) is 18.7. The molecule has 426 valence electrons. The second kappa shape index (κ2) is 26.4. The van der Waals surface area contributed by atoms with Crippen LogP contribution in [0.4, 0.5) is 0 Å². The van der Waals surface area contributed by atoms with Crippen LogP contribution in [-0.2, 0) is 23.7 Å². The molecule has 0 saturated heterocycles. The second-order valence-corrected chi connectivity index (χ2v) is 29.5. The van der Waals surface area contributed by atoms with E-state index < -0.39 is 10.8 Å². The van der Waals surface area contributed by atoms with Crippen molar-refractivity contribution < 1.29 is 0 Å². The van der Waals surface area contributed by atoms with Gasteiger partial charge in [-0.05, 0) is 170 Å². The van der Waals surface area contributed by atoms with E-state index in [4.69, 9.17) is 0 Å². The van der Waals surface area contributed by atoms with Gasteiger partial charge in [0.25, 0.3) is 0 Å². The van der Waals surface area contributed by atoms with E-state index >= 15 is 0 Å². The van der Waals surface area contributed by atoms with E-state index in [0.717, 1.165) is 6.42 Å². The van der Waals surface area contributed by atoms with Crippen molar-refractivity contribution in [1.82, 2.24) is 0 Å². The quantitative estimate of drug-likeness (QED) is 0.0429. The highest BCUT2D eigenvalue weighted by Gasteiger charge is 2.53. The first kappa shape index (κ1) is 58.7. The molecule has 0 radical (unpaired) electrons. The molecule has 0 fully saturated rings. The highest BCUT2D eigenvalue weighted by molar-refractivity contribution is 7.27. The lowest BCUT2D eigenvalue weighted by Gasteiger charge is -2.35. The topological polar surface area (TPSA) is 0 Å². The van der Waals surface area contributed by atoms with Crippen molar-refractivity contribution in [1.29, 1.82) is 0 Å². The third kappa shape index (κ3) is 11.7. The number of hydrogen-bond acceptors (Lipinski definition) is 4. The van der Waals surface area contributed by atoms with Gasteiger partial charge in [-0.3, -0.25) is 0 Å². The fourth-order valence-corrected chi connectivity index (χ4v) is 18.9. The molecule has 0 amide bonds. The summed E-state index contributed by atoms with van der Waals surface area (Å²) in [6.45, 7) is 18.3. The predicted molar refractivity (Wildman–Crippen MR) is 363 cm³/mol. The molecule has 5 aromatic carbocycles. The van der Waals surface area contributed by atoms with E-state index in [-0.39, 0.29) is 0 Å². The van der Waals surface area contributed by atoms with Crippen molar-refractivity contribution in [3.8, 4) is 40.4 Å². The van der Waals surface area contributed by atoms with Gasteiger partial charge in [-0.2, -0.15) is 0 Å². The fourth-order valence-electron chi connectivity index (χ4n) is 14.1. The normalized spacial score (nSPS) is 13.7. The molecule has 9 aromatic rings. The molecule has 0 saturated carbocycles. The van der Waals surface area contributed by atoms with Crippen molar-refractivity contribution in [2.24, 2.45) is 0 Å². The lowest BCUT2D eigenvalue weighted by Crippen LogP contribution is -2.30. The molecule has 2 aliphatic carbocycles. The summed E-state index contributed by atoms with van der Waals surface area (Å²) in [6.07, 6.45) is 29.7. The number of unbranched alkanes of at least 4 members (excludes halogenated alkanes) is 18. The fraction of sp³-hybridized carbons (Fsp3) is 0.410. The maximum atomic E-state index is 2.70. The molecule has 82 heavy (non-hydrogen) atoms. The van der Waals surface area contributed by atoms with Crippen LogP contribution in [0.3, 0.4) is 0 Å². The van der Waals surface area contributed by atoms with Crippen LogP contribution in [0.15, 0.2) is 133 Å². The van der Waals surface area contributed by atoms with Gasteiger partial charge in [-0.15, -0.1) is 45.3 Å². The van der Waals surface area contributed by atoms with Gasteiger partial charge in [-0.1, -0.05) is 249 Å². The standard InChI is InChI=1S/C78H90S4/c1-9-11-13-15-17-19-21-23-25-27-29-59-48-71(80-58(59)8)72-49-60(30-28-26-24-22-20-18-16-14-12-10-2)74(81-72)73-52-70-76(82-73)66-51-67-65(50-68(66)78(70,63-43-35-55(5)36-44-63)64-45-37-56(6)38-46-64)75-69(47-57(7)79-75)77(67,61-39-31-53(3)32-40-61)62-41-33-54(4)34-42-62/h31-52H,9-30H2,1-8H3. The Bertz CT molecular complexity index is 3460. The van der Waals surface area contributed by atoms with Crippen LogP contribution >= 0.6 is 45.3 Å². The third-order valence-corrected chi connectivity index (χ3v) is 23.6. The van der Waals surface area contributed by atoms with Gasteiger partial charge in [0.05, 0.1) is 10.8 Å². The summed E-state index contributed by atoms with van der Waals surface area (Å²) >= 11 is 8.17. The molecule has 0 bridgehead atoms. The van der Waals surface area contributed by atoms with Gasteiger partial charge in [0.1, 0.15) is 0 Å². The Kier molecular flexibility index (Phi) is 18.9. The minimum atomic E-state index is -0.521. The van der Waals surface area contributed by atoms with Gasteiger partial charge < -0.3 is 0 Å². The van der Waals surface area contributed by atoms with Crippen LogP contribution in [0.2, 0.25) is 0 Å². The molecule has 0 aliphatic heterocycles. The van der Waals surface area contributed by atoms with Crippen LogP contribution in [0.5, 0.6) is 0 Å². The summed E-state index contributed by atoms with van der Waals surface area (Å²) in [7, 11) is 0. The SMILES string of the molecule is CCCCCCCCCCCCc1cc(-c2cc(CCCCCCCCCCCC)c(-c3cc4c(s3)-c3cc5c(cc3C4(c3ccc(C)cc3)c3ccc(C)cc3)-c3sc(C)cc3C5(c3ccc(C)cc3)c3ccc(C)cc3)s2)sc1C. The highest BCUT2D eigenvalue weighted by atomic mass is 32.1. The van der Waals surface area contributed by atoms with Crippen molar-refractivity contribution in [3.63, 3.8) is 0 Å². The first-order valence-electron chi connectivity index (χ1n) is 32.0. The zero-order chi connectivity index (χ0) is 56.8. The van der Waals surface area contributed by atoms with Gasteiger partial charge in [0.2, 0.25) is 0 Å². The first-order chi connectivity index (χ1) is 40.0. The number of fused-ring (bicyclic) bond motifs is 6. The highest BCUT2D eigenvalue weighted by Crippen LogP contribution is 2.66. The lowest BCUT2D eigenvalue weighted by molar-refractivity contribution is 0.556. The van der Waals surface area contributed by atoms with Crippen LogP contribution in [0, 0.1) is 41.5 Å². The van der Waals surface area contributed by atoms with Crippen molar-refractivity contribution in [2.45, 2.75) is 207 Å². The Morgan fingerprint density at radius 2 is 0.634 bits per heavy atom. The first-order valence-corrected chi connectivity index (χ1v) is 35.3. The van der Waals surface area contributed by atoms with Crippen LogP contribution in [0.25, 0.3) is 40.4 Å². The number of thiophene rings is 4. The zero-order valence-electron chi connectivity index (χ0n) is 50.9. The van der Waals surface area contributed by atoms with Gasteiger partial charge in [-0.25, -0.2) is 0 Å². The Hall–Kier alpha value is -5.10. The van der Waals surface area contributed by atoms with Gasteiger partial charge in [0.15, 0.2) is 0 Å². The average molecular weight is 1160 g/mol. The van der Waals surface area contributed by atoms with Crippen LogP contribution in [-0.4, -0.2) is 0 Å². The Morgan fingerprint density at radius 3 is 1.06 bits per heavy atom. The molecule has 0 nitrogen and oxygen atoms in total. The average Bonchev–Trinajstić information content (AvgIpc) is 1.59. The summed E-state index contributed by atoms with van der Waals surface area (Å²) < 4.78 is 0. The molecular formula is C78H90S4. The minimum absolute atomic E-state index is 0.471. The summed E-state index contributed by atoms with van der Waals surface area (Å²) in [5, 5.41) is 0. The van der Waals surface area contributed by atoms with Gasteiger partial charge in [0, 0.05) is 39.0 Å². The minimum Gasteiger partial charge on any atom is -0.140 e. The van der Waals surface area contributed by atoms with Crippen LogP contribution < -0.4 is 0 Å². The van der Waals surface area contributed by atoms with Crippen molar-refractivity contribution in [2.75, 3.05) is 0 Å². The van der Waals surface area contributed by atoms with Crippen molar-refractivity contribution >= 4 is 45.3 Å². The van der Waals surface area contributed by atoms with E-state index in [0.29, 0.717) is 0 Å². The molecule has 0 spiro atoms. The van der Waals surface area contributed by atoms with E-state index in [1.807, 2.05) is 22.7 Å². The lowest BCUT2D eigenvalue weighted by atomic mass is 9.65. The zero-order valence-corrected chi connectivity index (χ0v) is 54.2.